The van der Waals surface area contributed by atoms with Crippen molar-refractivity contribution in [1.29, 1.82) is 0 Å². The molecule has 30 heavy (non-hydrogen) atoms. The minimum Gasteiger partial charge on any atom is -0.459 e. The summed E-state index contributed by atoms with van der Waals surface area (Å²) in [5.41, 5.74) is 1.41. The second-order valence-electron chi connectivity index (χ2n) is 7.97. The zero-order valence-corrected chi connectivity index (χ0v) is 17.0. The first-order chi connectivity index (χ1) is 14.5. The number of pyridine rings is 1. The summed E-state index contributed by atoms with van der Waals surface area (Å²) in [4.78, 5) is 35.9. The summed E-state index contributed by atoms with van der Waals surface area (Å²) in [7, 11) is 3.51. The lowest BCUT2D eigenvalue weighted by molar-refractivity contribution is -0.127. The Balaban J connectivity index is 1.60. The van der Waals surface area contributed by atoms with Gasteiger partial charge in [-0.15, -0.1) is 0 Å². The monoisotopic (exact) mass is 405 g/mol. The summed E-state index contributed by atoms with van der Waals surface area (Å²) in [6.07, 6.45) is 5.96. The molecule has 2 aliphatic heterocycles. The third kappa shape index (κ3) is 2.63. The summed E-state index contributed by atoms with van der Waals surface area (Å²) in [6, 6.07) is 11.3. The van der Waals surface area contributed by atoms with Crippen molar-refractivity contribution in [1.82, 2.24) is 19.4 Å². The van der Waals surface area contributed by atoms with Gasteiger partial charge in [-0.2, -0.15) is 0 Å². The van der Waals surface area contributed by atoms with E-state index in [4.69, 9.17) is 4.42 Å². The van der Waals surface area contributed by atoms with Crippen LogP contribution in [-0.4, -0.2) is 64.9 Å². The van der Waals surface area contributed by atoms with E-state index in [1.807, 2.05) is 29.3 Å². The van der Waals surface area contributed by atoms with Crippen LogP contribution in [0.25, 0.3) is 5.82 Å². The minimum atomic E-state index is -0.520. The van der Waals surface area contributed by atoms with Crippen LogP contribution in [0.4, 0.5) is 5.69 Å². The van der Waals surface area contributed by atoms with Gasteiger partial charge >= 0.3 is 0 Å². The van der Waals surface area contributed by atoms with Gasteiger partial charge in [-0.1, -0.05) is 0 Å². The fraction of sp³-hybridized carbons (Fsp3) is 0.318. The standard InChI is InChI=1S/C22H23N5O3/c1-24(2)19(28)14-27-16-6-3-10-23-20(16)26-11-4-8-18(26)22(27)9-12-25(15-22)21(29)17-7-5-13-30-17/h3-8,10-11,13H,9,12,14-15H2,1-2H3/t22-/m1/s1. The van der Waals surface area contributed by atoms with Gasteiger partial charge in [0.2, 0.25) is 5.91 Å². The summed E-state index contributed by atoms with van der Waals surface area (Å²) in [5.74, 6) is 0.993. The van der Waals surface area contributed by atoms with Gasteiger partial charge in [0.1, 0.15) is 5.54 Å². The number of carbonyl (C=O) groups excluding carboxylic acids is 2. The van der Waals surface area contributed by atoms with Crippen LogP contribution >= 0.6 is 0 Å². The molecule has 8 heteroatoms. The van der Waals surface area contributed by atoms with E-state index in [1.165, 1.54) is 6.26 Å². The van der Waals surface area contributed by atoms with Crippen molar-refractivity contribution < 1.29 is 14.0 Å². The molecule has 154 valence electrons. The molecule has 3 aromatic rings. The fourth-order valence-corrected chi connectivity index (χ4v) is 4.56. The van der Waals surface area contributed by atoms with Gasteiger partial charge in [0.05, 0.1) is 30.7 Å². The Labute approximate surface area is 174 Å². The van der Waals surface area contributed by atoms with Crippen LogP contribution in [0.5, 0.6) is 0 Å². The van der Waals surface area contributed by atoms with Crippen LogP contribution in [0, 0.1) is 0 Å². The number of rotatable bonds is 3. The molecule has 1 saturated heterocycles. The third-order valence-corrected chi connectivity index (χ3v) is 6.09. The Hall–Kier alpha value is -3.55. The molecule has 2 aliphatic rings. The van der Waals surface area contributed by atoms with E-state index in [0.29, 0.717) is 25.3 Å². The molecule has 5 rings (SSSR count). The topological polar surface area (TPSA) is 74.8 Å². The number of fused-ring (bicyclic) bond motifs is 4. The zero-order valence-electron chi connectivity index (χ0n) is 17.0. The quantitative estimate of drug-likeness (QED) is 0.667. The zero-order chi connectivity index (χ0) is 20.9. The Bertz CT molecular complexity index is 1100. The van der Waals surface area contributed by atoms with Gasteiger partial charge in [-0.3, -0.25) is 9.59 Å². The van der Waals surface area contributed by atoms with Gasteiger partial charge in [-0.25, -0.2) is 4.98 Å². The summed E-state index contributed by atoms with van der Waals surface area (Å²) in [6.45, 7) is 1.25. The summed E-state index contributed by atoms with van der Waals surface area (Å²) in [5, 5.41) is 0. The predicted molar refractivity (Wildman–Crippen MR) is 111 cm³/mol. The molecule has 0 unspecified atom stereocenters. The number of furan rings is 1. The molecular formula is C22H23N5O3. The lowest BCUT2D eigenvalue weighted by atomic mass is 9.88. The average molecular weight is 405 g/mol. The van der Waals surface area contributed by atoms with E-state index in [2.05, 4.69) is 20.5 Å². The first-order valence-corrected chi connectivity index (χ1v) is 9.95. The van der Waals surface area contributed by atoms with Gasteiger partial charge < -0.3 is 23.7 Å². The van der Waals surface area contributed by atoms with E-state index in [9.17, 15) is 9.59 Å². The lowest BCUT2D eigenvalue weighted by Crippen LogP contribution is -2.55. The number of amides is 2. The van der Waals surface area contributed by atoms with E-state index in [0.717, 1.165) is 17.2 Å². The van der Waals surface area contributed by atoms with Crippen molar-refractivity contribution >= 4 is 17.5 Å². The van der Waals surface area contributed by atoms with Crippen LogP contribution in [0.15, 0.2) is 59.5 Å². The molecule has 1 spiro atoms. The van der Waals surface area contributed by atoms with E-state index in [1.54, 1.807) is 37.3 Å². The molecule has 1 atom stereocenters. The number of likely N-dealkylation sites (tertiary alicyclic amines) is 1. The molecule has 0 aliphatic carbocycles. The predicted octanol–water partition coefficient (Wildman–Crippen LogP) is 2.11. The van der Waals surface area contributed by atoms with Crippen molar-refractivity contribution in [3.8, 4) is 5.82 Å². The molecule has 5 heterocycles. The molecule has 3 aromatic heterocycles. The van der Waals surface area contributed by atoms with Crippen molar-refractivity contribution in [3.63, 3.8) is 0 Å². The van der Waals surface area contributed by atoms with Crippen molar-refractivity contribution in [2.24, 2.45) is 0 Å². The maximum atomic E-state index is 13.0. The highest BCUT2D eigenvalue weighted by molar-refractivity contribution is 5.92. The van der Waals surface area contributed by atoms with E-state index < -0.39 is 5.54 Å². The maximum absolute atomic E-state index is 13.0. The molecular weight excluding hydrogens is 382 g/mol. The van der Waals surface area contributed by atoms with Gasteiger partial charge in [-0.05, 0) is 42.8 Å². The minimum absolute atomic E-state index is 0.00000436. The van der Waals surface area contributed by atoms with Crippen LogP contribution in [0.3, 0.4) is 0 Å². The molecule has 0 aromatic carbocycles. The maximum Gasteiger partial charge on any atom is 0.289 e. The fourth-order valence-electron chi connectivity index (χ4n) is 4.56. The smallest absolute Gasteiger partial charge is 0.289 e. The largest absolute Gasteiger partial charge is 0.459 e. The third-order valence-electron chi connectivity index (χ3n) is 6.09. The number of hydrogen-bond donors (Lipinski definition) is 0. The van der Waals surface area contributed by atoms with E-state index >= 15 is 0 Å². The molecule has 8 nitrogen and oxygen atoms in total. The number of likely N-dealkylation sites (N-methyl/N-ethyl adjacent to an activating group) is 1. The van der Waals surface area contributed by atoms with Crippen molar-refractivity contribution in [2.45, 2.75) is 12.0 Å². The highest BCUT2D eigenvalue weighted by atomic mass is 16.3. The Kier molecular flexibility index (Phi) is 4.16. The van der Waals surface area contributed by atoms with Gasteiger partial charge in [0.15, 0.2) is 11.6 Å². The molecule has 1 fully saturated rings. The van der Waals surface area contributed by atoms with Crippen LogP contribution < -0.4 is 4.90 Å². The summed E-state index contributed by atoms with van der Waals surface area (Å²) >= 11 is 0. The lowest BCUT2D eigenvalue weighted by Gasteiger charge is -2.46. The normalized spacial score (nSPS) is 19.7. The van der Waals surface area contributed by atoms with Crippen LogP contribution in [0.1, 0.15) is 22.7 Å². The molecule has 0 bridgehead atoms. The van der Waals surface area contributed by atoms with Crippen LogP contribution in [-0.2, 0) is 10.3 Å². The van der Waals surface area contributed by atoms with Crippen LogP contribution in [0.2, 0.25) is 0 Å². The average Bonchev–Trinajstić information content (AvgIpc) is 3.51. The van der Waals surface area contributed by atoms with Crippen molar-refractivity contribution in [3.05, 3.63) is 66.5 Å². The Morgan fingerprint density at radius 2 is 2.07 bits per heavy atom. The number of nitrogens with zero attached hydrogens (tertiary/aromatic N) is 5. The first-order valence-electron chi connectivity index (χ1n) is 9.95. The van der Waals surface area contributed by atoms with Gasteiger partial charge in [0, 0.05) is 33.0 Å². The Morgan fingerprint density at radius 3 is 2.83 bits per heavy atom. The Morgan fingerprint density at radius 1 is 1.20 bits per heavy atom. The van der Waals surface area contributed by atoms with E-state index in [-0.39, 0.29) is 18.4 Å². The second-order valence-corrected chi connectivity index (χ2v) is 7.97. The molecule has 0 saturated carbocycles. The highest BCUT2D eigenvalue weighted by Crippen LogP contribution is 2.47. The van der Waals surface area contributed by atoms with Gasteiger partial charge in [0.25, 0.3) is 5.91 Å². The number of aromatic nitrogens is 2. The number of anilines is 1. The SMILES string of the molecule is CN(C)C(=O)CN1c2cccnc2-n2cccc2[C@]12CCN(C(=O)c1ccco1)C2. The number of hydrogen-bond acceptors (Lipinski definition) is 5. The molecule has 0 radical (unpaired) electrons. The molecule has 0 N–H and O–H groups in total. The van der Waals surface area contributed by atoms with Crippen molar-refractivity contribution in [2.75, 3.05) is 38.6 Å². The second kappa shape index (κ2) is 6.76. The number of carbonyl (C=O) groups is 2. The highest BCUT2D eigenvalue weighted by Gasteiger charge is 2.51. The molecule has 2 amide bonds. The summed E-state index contributed by atoms with van der Waals surface area (Å²) < 4.78 is 7.41. The first kappa shape index (κ1) is 18.5.